The summed E-state index contributed by atoms with van der Waals surface area (Å²) < 4.78 is 45.6. The molecule has 2 bridgehead atoms. The highest BCUT2D eigenvalue weighted by molar-refractivity contribution is 7.99. The van der Waals surface area contributed by atoms with Crippen LogP contribution in [0.15, 0.2) is 35.5 Å². The number of carbonyl (C=O) groups is 1. The third kappa shape index (κ3) is 5.28. The van der Waals surface area contributed by atoms with Gasteiger partial charge in [0.05, 0.1) is 18.6 Å². The van der Waals surface area contributed by atoms with Crippen LogP contribution in [0.5, 0.6) is 5.75 Å². The second-order valence-corrected chi connectivity index (χ2v) is 11.1. The van der Waals surface area contributed by atoms with E-state index in [1.807, 2.05) is 4.90 Å². The van der Waals surface area contributed by atoms with Gasteiger partial charge in [0, 0.05) is 18.2 Å². The first-order chi connectivity index (χ1) is 15.4. The molecule has 5 nitrogen and oxygen atoms in total. The van der Waals surface area contributed by atoms with Crippen molar-refractivity contribution in [2.24, 2.45) is 10.8 Å². The van der Waals surface area contributed by atoms with Crippen LogP contribution in [0.3, 0.4) is 0 Å². The zero-order valence-corrected chi connectivity index (χ0v) is 20.0. The Balaban J connectivity index is 1.53. The second kappa shape index (κ2) is 8.49. The van der Waals surface area contributed by atoms with Gasteiger partial charge in [0.25, 0.3) is 0 Å². The lowest BCUT2D eigenvalue weighted by molar-refractivity contribution is -0.141. The first-order valence-corrected chi connectivity index (χ1v) is 11.9. The average Bonchev–Trinajstić information content (AvgIpc) is 3.00. The lowest BCUT2D eigenvalue weighted by Crippen LogP contribution is -2.38. The Bertz CT molecular complexity index is 1040. The molecule has 1 amide bonds. The Hall–Kier alpha value is -2.29. The zero-order chi connectivity index (χ0) is 24.0. The smallest absolute Gasteiger partial charge is 0.433 e. The molecule has 1 aromatic heterocycles. The van der Waals surface area contributed by atoms with Crippen LogP contribution in [-0.2, 0) is 11.0 Å². The molecule has 1 saturated carbocycles. The highest BCUT2D eigenvalue weighted by atomic mass is 32.2. The number of hydrogen-bond acceptors (Lipinski definition) is 5. The molecule has 1 saturated heterocycles. The van der Waals surface area contributed by atoms with E-state index < -0.39 is 11.9 Å². The van der Waals surface area contributed by atoms with Gasteiger partial charge in [0.15, 0.2) is 5.16 Å². The summed E-state index contributed by atoms with van der Waals surface area (Å²) in [6.07, 6.45) is -1.62. The third-order valence-electron chi connectivity index (χ3n) is 6.44. The van der Waals surface area contributed by atoms with Crippen LogP contribution in [0.2, 0.25) is 0 Å². The molecule has 0 unspecified atom stereocenters. The summed E-state index contributed by atoms with van der Waals surface area (Å²) in [6, 6.07) is 7.73. The van der Waals surface area contributed by atoms with Crippen molar-refractivity contribution in [2.45, 2.75) is 57.4 Å². The molecule has 2 heterocycles. The molecule has 33 heavy (non-hydrogen) atoms. The van der Waals surface area contributed by atoms with Crippen molar-refractivity contribution in [3.63, 3.8) is 0 Å². The van der Waals surface area contributed by atoms with Crippen LogP contribution in [0, 0.1) is 10.8 Å². The van der Waals surface area contributed by atoms with Crippen molar-refractivity contribution in [1.29, 1.82) is 0 Å². The summed E-state index contributed by atoms with van der Waals surface area (Å²) in [5.74, 6) is 0.534. The maximum absolute atomic E-state index is 13.5. The van der Waals surface area contributed by atoms with Crippen LogP contribution in [0.25, 0.3) is 11.3 Å². The van der Waals surface area contributed by atoms with Gasteiger partial charge in [-0.1, -0.05) is 32.5 Å². The Morgan fingerprint density at radius 3 is 2.52 bits per heavy atom. The van der Waals surface area contributed by atoms with Crippen molar-refractivity contribution in [3.05, 3.63) is 36.0 Å². The molecular formula is C24H28F3N3O2S. The van der Waals surface area contributed by atoms with Gasteiger partial charge in [-0.05, 0) is 60.4 Å². The summed E-state index contributed by atoms with van der Waals surface area (Å²) >= 11 is 0.957. The molecule has 1 aromatic carbocycles. The highest BCUT2D eigenvalue weighted by Crippen LogP contribution is 2.52. The van der Waals surface area contributed by atoms with E-state index in [-0.39, 0.29) is 39.4 Å². The third-order valence-corrected chi connectivity index (χ3v) is 7.27. The molecule has 0 radical (unpaired) electrons. The van der Waals surface area contributed by atoms with E-state index in [0.29, 0.717) is 17.9 Å². The first kappa shape index (κ1) is 23.9. The standard InChI is InChI=1S/C24H28F3N3O2S/c1-22(2)10-16-11-23(3,13-22)14-30(16)20(31)12-33-21-28-18(9-19(29-21)24(25,26)27)15-5-7-17(32-4)8-6-15/h5-9,16H,10-14H2,1-4H3/t16-,23-/m0/s1. The van der Waals surface area contributed by atoms with E-state index in [1.165, 1.54) is 7.11 Å². The van der Waals surface area contributed by atoms with Crippen molar-refractivity contribution < 1.29 is 22.7 Å². The summed E-state index contributed by atoms with van der Waals surface area (Å²) in [4.78, 5) is 23.0. The summed E-state index contributed by atoms with van der Waals surface area (Å²) in [5, 5.41) is -0.0577. The number of thioether (sulfide) groups is 1. The van der Waals surface area contributed by atoms with Crippen LogP contribution in [0.4, 0.5) is 13.2 Å². The van der Waals surface area contributed by atoms with Crippen molar-refractivity contribution >= 4 is 17.7 Å². The van der Waals surface area contributed by atoms with Gasteiger partial charge in [-0.2, -0.15) is 13.2 Å². The SMILES string of the molecule is COc1ccc(-c2cc(C(F)(F)F)nc(SCC(=O)N3C[C@@]4(C)C[C@@H]3CC(C)(C)C4)n2)cc1. The van der Waals surface area contributed by atoms with Crippen LogP contribution in [-0.4, -0.2) is 46.2 Å². The topological polar surface area (TPSA) is 55.3 Å². The quantitative estimate of drug-likeness (QED) is 0.407. The van der Waals surface area contributed by atoms with Gasteiger partial charge in [-0.3, -0.25) is 4.79 Å². The molecule has 4 rings (SSSR count). The number of halogens is 3. The van der Waals surface area contributed by atoms with Crippen LogP contribution >= 0.6 is 11.8 Å². The van der Waals surface area contributed by atoms with Gasteiger partial charge in [-0.25, -0.2) is 9.97 Å². The predicted octanol–water partition coefficient (Wildman–Crippen LogP) is 5.69. The van der Waals surface area contributed by atoms with E-state index in [1.54, 1.807) is 24.3 Å². The number of hydrogen-bond donors (Lipinski definition) is 0. The largest absolute Gasteiger partial charge is 0.497 e. The van der Waals surface area contributed by atoms with Crippen LogP contribution in [0.1, 0.15) is 45.7 Å². The van der Waals surface area contributed by atoms with Gasteiger partial charge >= 0.3 is 6.18 Å². The minimum atomic E-state index is -4.62. The monoisotopic (exact) mass is 479 g/mol. The summed E-state index contributed by atoms with van der Waals surface area (Å²) in [7, 11) is 1.52. The van der Waals surface area contributed by atoms with E-state index in [0.717, 1.165) is 37.1 Å². The van der Waals surface area contributed by atoms with Gasteiger partial charge in [-0.15, -0.1) is 0 Å². The fraction of sp³-hybridized carbons (Fsp3) is 0.542. The Labute approximate surface area is 196 Å². The molecule has 2 atom stereocenters. The number of methoxy groups -OCH3 is 1. The Kier molecular flexibility index (Phi) is 6.14. The number of carbonyl (C=O) groups excluding carboxylic acids is 1. The normalized spacial score (nSPS) is 24.1. The van der Waals surface area contributed by atoms with Gasteiger partial charge < -0.3 is 9.64 Å². The van der Waals surface area contributed by atoms with E-state index in [2.05, 4.69) is 30.7 Å². The number of aromatic nitrogens is 2. The Morgan fingerprint density at radius 2 is 1.88 bits per heavy atom. The zero-order valence-electron chi connectivity index (χ0n) is 19.2. The second-order valence-electron chi connectivity index (χ2n) is 10.2. The number of benzene rings is 1. The molecule has 178 valence electrons. The number of alkyl halides is 3. The molecule has 2 fully saturated rings. The fourth-order valence-electron chi connectivity index (χ4n) is 5.51. The van der Waals surface area contributed by atoms with Gasteiger partial charge in [0.2, 0.25) is 5.91 Å². The summed E-state index contributed by atoms with van der Waals surface area (Å²) in [6.45, 7) is 7.38. The number of likely N-dealkylation sites (tertiary alicyclic amines) is 1. The van der Waals surface area contributed by atoms with E-state index in [4.69, 9.17) is 4.74 Å². The number of amides is 1. The van der Waals surface area contributed by atoms with Crippen molar-refractivity contribution in [1.82, 2.24) is 14.9 Å². The molecule has 2 aromatic rings. The number of rotatable bonds is 5. The molecule has 1 aliphatic carbocycles. The number of ether oxygens (including phenoxy) is 1. The number of nitrogens with zero attached hydrogens (tertiary/aromatic N) is 3. The van der Waals surface area contributed by atoms with Gasteiger partial charge in [0.1, 0.15) is 11.4 Å². The lowest BCUT2D eigenvalue weighted by Gasteiger charge is -2.39. The van der Waals surface area contributed by atoms with Crippen molar-refractivity contribution in [2.75, 3.05) is 19.4 Å². The molecule has 2 aliphatic rings. The highest BCUT2D eigenvalue weighted by Gasteiger charge is 2.50. The van der Waals surface area contributed by atoms with E-state index in [9.17, 15) is 18.0 Å². The van der Waals surface area contributed by atoms with Crippen LogP contribution < -0.4 is 4.74 Å². The minimum Gasteiger partial charge on any atom is -0.497 e. The summed E-state index contributed by atoms with van der Waals surface area (Å²) in [5.41, 5.74) is -0.0794. The average molecular weight is 480 g/mol. The number of fused-ring (bicyclic) bond motifs is 2. The molecule has 0 spiro atoms. The maximum atomic E-state index is 13.5. The molecular weight excluding hydrogens is 451 g/mol. The maximum Gasteiger partial charge on any atom is 0.433 e. The molecule has 0 N–H and O–H groups in total. The fourth-order valence-corrected chi connectivity index (χ4v) is 6.25. The Morgan fingerprint density at radius 1 is 1.18 bits per heavy atom. The van der Waals surface area contributed by atoms with Crippen molar-refractivity contribution in [3.8, 4) is 17.0 Å². The van der Waals surface area contributed by atoms with E-state index >= 15 is 0 Å². The minimum absolute atomic E-state index is 0.0103. The molecule has 9 heteroatoms. The molecule has 1 aliphatic heterocycles. The first-order valence-electron chi connectivity index (χ1n) is 10.9. The lowest BCUT2D eigenvalue weighted by atomic mass is 9.65. The predicted molar refractivity (Wildman–Crippen MR) is 121 cm³/mol.